The molecule has 0 atom stereocenters. The van der Waals surface area contributed by atoms with Gasteiger partial charge in [0, 0.05) is 19.3 Å². The smallest absolute Gasteiger partial charge is 0.257 e. The molecule has 118 valence electrons. The van der Waals surface area contributed by atoms with Crippen molar-refractivity contribution >= 4 is 15.7 Å². The standard InChI is InChI=1S/C14H22N2O4S/c1-14(2,21(3,18)19)10-16-13(17)9-20-12-6-4-11(8-15)5-7-12/h4-7H,8-10,15H2,1-3H3,(H,16,17). The molecule has 1 aromatic carbocycles. The summed E-state index contributed by atoms with van der Waals surface area (Å²) < 4.78 is 27.3. The zero-order valence-corrected chi connectivity index (χ0v) is 13.4. The number of hydrogen-bond acceptors (Lipinski definition) is 5. The predicted molar refractivity (Wildman–Crippen MR) is 81.8 cm³/mol. The summed E-state index contributed by atoms with van der Waals surface area (Å²) in [5, 5.41) is 2.56. The summed E-state index contributed by atoms with van der Waals surface area (Å²) in [6.45, 7) is 3.45. The lowest BCUT2D eigenvalue weighted by Gasteiger charge is -2.22. The third kappa shape index (κ3) is 5.35. The molecule has 0 fully saturated rings. The number of nitrogens with one attached hydrogen (secondary N) is 1. The van der Waals surface area contributed by atoms with Gasteiger partial charge in [-0.05, 0) is 31.5 Å². The summed E-state index contributed by atoms with van der Waals surface area (Å²) >= 11 is 0. The van der Waals surface area contributed by atoms with E-state index in [1.54, 1.807) is 26.0 Å². The first kappa shape index (κ1) is 17.5. The van der Waals surface area contributed by atoms with Gasteiger partial charge < -0.3 is 15.8 Å². The monoisotopic (exact) mass is 314 g/mol. The molecule has 0 heterocycles. The highest BCUT2D eigenvalue weighted by Gasteiger charge is 2.30. The Kier molecular flexibility index (Phi) is 5.74. The molecule has 1 rings (SSSR count). The van der Waals surface area contributed by atoms with Crippen molar-refractivity contribution < 1.29 is 17.9 Å². The van der Waals surface area contributed by atoms with Crippen molar-refractivity contribution in [3.05, 3.63) is 29.8 Å². The summed E-state index contributed by atoms with van der Waals surface area (Å²) in [6, 6.07) is 7.10. The lowest BCUT2D eigenvalue weighted by molar-refractivity contribution is -0.123. The van der Waals surface area contributed by atoms with Crippen LogP contribution in [-0.2, 0) is 21.2 Å². The van der Waals surface area contributed by atoms with E-state index in [0.29, 0.717) is 12.3 Å². The number of sulfone groups is 1. The molecule has 0 aromatic heterocycles. The van der Waals surface area contributed by atoms with Gasteiger partial charge in [0.15, 0.2) is 16.4 Å². The maximum absolute atomic E-state index is 11.7. The molecule has 21 heavy (non-hydrogen) atoms. The maximum atomic E-state index is 11.7. The summed E-state index contributed by atoms with van der Waals surface area (Å²) in [7, 11) is -3.24. The van der Waals surface area contributed by atoms with Crippen molar-refractivity contribution in [1.29, 1.82) is 0 Å². The number of amides is 1. The first-order valence-electron chi connectivity index (χ1n) is 6.54. The highest BCUT2D eigenvalue weighted by molar-refractivity contribution is 7.92. The number of hydrogen-bond donors (Lipinski definition) is 2. The van der Waals surface area contributed by atoms with E-state index >= 15 is 0 Å². The van der Waals surface area contributed by atoms with Crippen molar-refractivity contribution in [2.45, 2.75) is 25.1 Å². The zero-order chi connectivity index (χ0) is 16.1. The highest BCUT2D eigenvalue weighted by Crippen LogP contribution is 2.14. The number of carbonyl (C=O) groups excluding carboxylic acids is 1. The van der Waals surface area contributed by atoms with Gasteiger partial charge in [-0.1, -0.05) is 12.1 Å². The van der Waals surface area contributed by atoms with Crippen molar-refractivity contribution in [1.82, 2.24) is 5.32 Å². The third-order valence-electron chi connectivity index (χ3n) is 3.24. The summed E-state index contributed by atoms with van der Waals surface area (Å²) in [4.78, 5) is 11.7. The molecule has 0 aliphatic carbocycles. The average molecular weight is 314 g/mol. The van der Waals surface area contributed by atoms with Gasteiger partial charge in [-0.3, -0.25) is 4.79 Å². The molecular weight excluding hydrogens is 292 g/mol. The molecule has 6 nitrogen and oxygen atoms in total. The first-order valence-corrected chi connectivity index (χ1v) is 8.43. The van der Waals surface area contributed by atoms with Crippen LogP contribution in [0.2, 0.25) is 0 Å². The molecule has 0 aliphatic heterocycles. The first-order chi connectivity index (χ1) is 9.65. The Morgan fingerprint density at radius 1 is 1.29 bits per heavy atom. The van der Waals surface area contributed by atoms with Gasteiger partial charge in [0.2, 0.25) is 0 Å². The molecule has 0 spiro atoms. The summed E-state index contributed by atoms with van der Waals surface area (Å²) in [6.07, 6.45) is 1.15. The van der Waals surface area contributed by atoms with E-state index in [2.05, 4.69) is 5.32 Å². The summed E-state index contributed by atoms with van der Waals surface area (Å²) in [5.41, 5.74) is 6.46. The van der Waals surface area contributed by atoms with E-state index in [0.717, 1.165) is 11.8 Å². The summed E-state index contributed by atoms with van der Waals surface area (Å²) in [5.74, 6) is 0.194. The Labute approximate surface area is 125 Å². The van der Waals surface area contributed by atoms with Crippen molar-refractivity contribution in [2.75, 3.05) is 19.4 Å². The quantitative estimate of drug-likeness (QED) is 0.762. The second-order valence-corrected chi connectivity index (χ2v) is 8.09. The van der Waals surface area contributed by atoms with Crippen LogP contribution in [0.25, 0.3) is 0 Å². The van der Waals surface area contributed by atoms with E-state index in [-0.39, 0.29) is 19.1 Å². The third-order valence-corrected chi connectivity index (χ3v) is 5.40. The van der Waals surface area contributed by atoms with E-state index in [1.165, 1.54) is 0 Å². The largest absolute Gasteiger partial charge is 0.484 e. The van der Waals surface area contributed by atoms with Crippen molar-refractivity contribution in [3.8, 4) is 5.75 Å². The molecule has 0 bridgehead atoms. The molecule has 0 saturated heterocycles. The van der Waals surface area contributed by atoms with Gasteiger partial charge >= 0.3 is 0 Å². The number of rotatable bonds is 7. The Bertz CT molecular complexity index is 579. The number of ether oxygens (including phenoxy) is 1. The van der Waals surface area contributed by atoms with Crippen LogP contribution >= 0.6 is 0 Å². The minimum absolute atomic E-state index is 0.0418. The second kappa shape index (κ2) is 6.91. The normalized spacial score (nSPS) is 12.0. The minimum atomic E-state index is -3.24. The Morgan fingerprint density at radius 3 is 2.33 bits per heavy atom. The average Bonchev–Trinajstić information content (AvgIpc) is 2.42. The number of nitrogens with two attached hydrogens (primary N) is 1. The van der Waals surface area contributed by atoms with Crippen molar-refractivity contribution in [2.24, 2.45) is 5.73 Å². The molecule has 0 saturated carbocycles. The Hall–Kier alpha value is -1.60. The minimum Gasteiger partial charge on any atom is -0.484 e. The molecule has 0 radical (unpaired) electrons. The molecule has 7 heteroatoms. The molecule has 1 amide bonds. The molecule has 3 N–H and O–H groups in total. The van der Waals surface area contributed by atoms with Gasteiger partial charge in [0.25, 0.3) is 5.91 Å². The van der Waals surface area contributed by atoms with Gasteiger partial charge in [-0.2, -0.15) is 0 Å². The van der Waals surface area contributed by atoms with Gasteiger partial charge in [-0.25, -0.2) is 8.42 Å². The van der Waals surface area contributed by atoms with Gasteiger partial charge in [-0.15, -0.1) is 0 Å². The van der Waals surface area contributed by atoms with Crippen LogP contribution in [0.4, 0.5) is 0 Å². The van der Waals surface area contributed by atoms with E-state index in [4.69, 9.17) is 10.5 Å². The molecule has 0 unspecified atom stereocenters. The second-order valence-electron chi connectivity index (χ2n) is 5.45. The fraction of sp³-hybridized carbons (Fsp3) is 0.500. The lowest BCUT2D eigenvalue weighted by Crippen LogP contribution is -2.45. The lowest BCUT2D eigenvalue weighted by atomic mass is 10.2. The highest BCUT2D eigenvalue weighted by atomic mass is 32.2. The van der Waals surface area contributed by atoms with Gasteiger partial charge in [0.1, 0.15) is 5.75 Å². The Morgan fingerprint density at radius 2 is 1.86 bits per heavy atom. The number of carbonyl (C=O) groups is 1. The van der Waals surface area contributed by atoms with Crippen LogP contribution in [-0.4, -0.2) is 38.5 Å². The van der Waals surface area contributed by atoms with Crippen LogP contribution in [0, 0.1) is 0 Å². The maximum Gasteiger partial charge on any atom is 0.257 e. The van der Waals surface area contributed by atoms with E-state index in [9.17, 15) is 13.2 Å². The van der Waals surface area contributed by atoms with Crippen LogP contribution < -0.4 is 15.8 Å². The topological polar surface area (TPSA) is 98.5 Å². The number of benzene rings is 1. The predicted octanol–water partition coefficient (Wildman–Crippen LogP) is 0.464. The van der Waals surface area contributed by atoms with Gasteiger partial charge in [0.05, 0.1) is 4.75 Å². The molecule has 0 aliphatic rings. The molecule has 1 aromatic rings. The van der Waals surface area contributed by atoms with Crippen LogP contribution in [0.1, 0.15) is 19.4 Å². The van der Waals surface area contributed by atoms with Crippen molar-refractivity contribution in [3.63, 3.8) is 0 Å². The Balaban J connectivity index is 2.44. The fourth-order valence-electron chi connectivity index (χ4n) is 1.36. The van der Waals surface area contributed by atoms with E-state index in [1.807, 2.05) is 12.1 Å². The van der Waals surface area contributed by atoms with Crippen LogP contribution in [0.15, 0.2) is 24.3 Å². The molecular formula is C14H22N2O4S. The van der Waals surface area contributed by atoms with Crippen LogP contribution in [0.5, 0.6) is 5.75 Å². The van der Waals surface area contributed by atoms with E-state index < -0.39 is 14.6 Å². The zero-order valence-electron chi connectivity index (χ0n) is 12.5. The fourth-order valence-corrected chi connectivity index (χ4v) is 1.70. The SMILES string of the molecule is CC(C)(CNC(=O)COc1ccc(CN)cc1)S(C)(=O)=O. The van der Waals surface area contributed by atoms with Crippen LogP contribution in [0.3, 0.4) is 0 Å².